The van der Waals surface area contributed by atoms with Gasteiger partial charge in [0.05, 0.1) is 5.54 Å². The molecule has 0 bridgehead atoms. The number of amides is 1. The van der Waals surface area contributed by atoms with Crippen LogP contribution in [0, 0.1) is 6.92 Å². The number of rotatable bonds is 5. The highest BCUT2D eigenvalue weighted by atomic mass is 35.5. The van der Waals surface area contributed by atoms with E-state index in [4.69, 9.17) is 23.2 Å². The summed E-state index contributed by atoms with van der Waals surface area (Å²) in [6, 6.07) is 5.26. The Balaban J connectivity index is 2.94. The monoisotopic (exact) mass is 287 g/mol. The zero-order chi connectivity index (χ0) is 13.8. The zero-order valence-electron chi connectivity index (χ0n) is 11.0. The lowest BCUT2D eigenvalue weighted by Gasteiger charge is -2.30. The first-order valence-electron chi connectivity index (χ1n) is 6.12. The number of hydrogen-bond acceptors (Lipinski definition) is 1. The van der Waals surface area contributed by atoms with Crippen LogP contribution < -0.4 is 5.32 Å². The fraction of sp³-hybridized carbons (Fsp3) is 0.500. The molecule has 0 radical (unpaired) electrons. The fourth-order valence-electron chi connectivity index (χ4n) is 1.84. The molecule has 0 heterocycles. The highest BCUT2D eigenvalue weighted by Crippen LogP contribution is 2.20. The van der Waals surface area contributed by atoms with E-state index in [0.717, 1.165) is 18.4 Å². The zero-order valence-corrected chi connectivity index (χ0v) is 12.5. The van der Waals surface area contributed by atoms with Gasteiger partial charge in [0.25, 0.3) is 5.91 Å². The molecule has 18 heavy (non-hydrogen) atoms. The van der Waals surface area contributed by atoms with Crippen LogP contribution in [0.5, 0.6) is 0 Å². The minimum Gasteiger partial charge on any atom is -0.345 e. The van der Waals surface area contributed by atoms with Gasteiger partial charge >= 0.3 is 0 Å². The Morgan fingerprint density at radius 1 is 1.33 bits per heavy atom. The molecule has 4 heteroatoms. The molecule has 0 aliphatic carbocycles. The first kappa shape index (κ1) is 15.3. The van der Waals surface area contributed by atoms with Crippen molar-refractivity contribution >= 4 is 29.1 Å². The SMILES string of the molecule is CCC(CC)(CCl)NC(=O)c1ccc(Cl)cc1C. The lowest BCUT2D eigenvalue weighted by molar-refractivity contribution is 0.0902. The maximum atomic E-state index is 12.3. The predicted molar refractivity (Wildman–Crippen MR) is 77.7 cm³/mol. The fourth-order valence-corrected chi connectivity index (χ4v) is 2.51. The van der Waals surface area contributed by atoms with Gasteiger partial charge in [0.1, 0.15) is 0 Å². The Hall–Kier alpha value is -0.730. The number of carbonyl (C=O) groups is 1. The third-order valence-corrected chi connectivity index (χ3v) is 4.17. The van der Waals surface area contributed by atoms with E-state index >= 15 is 0 Å². The molecule has 0 aromatic heterocycles. The number of nitrogens with one attached hydrogen (secondary N) is 1. The standard InChI is InChI=1S/C14H19Cl2NO/c1-4-14(5-2,9-15)17-13(18)12-7-6-11(16)8-10(12)3/h6-8H,4-5,9H2,1-3H3,(H,17,18). The molecular formula is C14H19Cl2NO. The molecule has 1 rings (SSSR count). The summed E-state index contributed by atoms with van der Waals surface area (Å²) in [6.45, 7) is 5.93. The number of aryl methyl sites for hydroxylation is 1. The Labute approximate surface area is 119 Å². The molecule has 1 amide bonds. The van der Waals surface area contributed by atoms with E-state index < -0.39 is 0 Å². The normalized spacial score (nSPS) is 11.4. The smallest absolute Gasteiger partial charge is 0.252 e. The number of hydrogen-bond donors (Lipinski definition) is 1. The van der Waals surface area contributed by atoms with E-state index in [1.807, 2.05) is 20.8 Å². The van der Waals surface area contributed by atoms with Crippen LogP contribution in [0.15, 0.2) is 18.2 Å². The molecule has 0 aliphatic heterocycles. The summed E-state index contributed by atoms with van der Waals surface area (Å²) >= 11 is 11.9. The van der Waals surface area contributed by atoms with E-state index in [9.17, 15) is 4.79 Å². The minimum atomic E-state index is -0.329. The van der Waals surface area contributed by atoms with Gasteiger partial charge in [-0.2, -0.15) is 0 Å². The maximum Gasteiger partial charge on any atom is 0.252 e. The Kier molecular flexibility index (Phi) is 5.48. The molecule has 1 aromatic rings. The van der Waals surface area contributed by atoms with E-state index in [1.54, 1.807) is 18.2 Å². The van der Waals surface area contributed by atoms with Gasteiger partial charge in [0.15, 0.2) is 0 Å². The van der Waals surface area contributed by atoms with Crippen molar-refractivity contribution in [3.8, 4) is 0 Å². The van der Waals surface area contributed by atoms with Crippen LogP contribution >= 0.6 is 23.2 Å². The topological polar surface area (TPSA) is 29.1 Å². The second-order valence-corrected chi connectivity index (χ2v) is 5.24. The molecule has 0 saturated heterocycles. The van der Waals surface area contributed by atoms with Crippen molar-refractivity contribution in [3.63, 3.8) is 0 Å². The number of halogens is 2. The first-order chi connectivity index (χ1) is 8.48. The maximum absolute atomic E-state index is 12.3. The van der Waals surface area contributed by atoms with Crippen molar-refractivity contribution in [2.24, 2.45) is 0 Å². The third kappa shape index (κ3) is 3.39. The summed E-state index contributed by atoms with van der Waals surface area (Å²) in [6.07, 6.45) is 1.62. The van der Waals surface area contributed by atoms with Gasteiger partial charge in [-0.25, -0.2) is 0 Å². The van der Waals surface area contributed by atoms with Crippen LogP contribution in [0.25, 0.3) is 0 Å². The van der Waals surface area contributed by atoms with Crippen molar-refractivity contribution < 1.29 is 4.79 Å². The molecule has 2 nitrogen and oxygen atoms in total. The second kappa shape index (κ2) is 6.44. The molecule has 0 atom stereocenters. The lowest BCUT2D eigenvalue weighted by atomic mass is 9.94. The number of benzene rings is 1. The van der Waals surface area contributed by atoms with Crippen molar-refractivity contribution in [2.45, 2.75) is 39.2 Å². The van der Waals surface area contributed by atoms with Crippen LogP contribution in [-0.2, 0) is 0 Å². The van der Waals surface area contributed by atoms with Crippen LogP contribution in [0.4, 0.5) is 0 Å². The van der Waals surface area contributed by atoms with Gasteiger partial charge in [-0.1, -0.05) is 25.4 Å². The highest BCUT2D eigenvalue weighted by molar-refractivity contribution is 6.30. The predicted octanol–water partition coefficient (Wildman–Crippen LogP) is 4.18. The molecule has 0 saturated carbocycles. The first-order valence-corrected chi connectivity index (χ1v) is 7.04. The Morgan fingerprint density at radius 3 is 2.39 bits per heavy atom. The van der Waals surface area contributed by atoms with Gasteiger partial charge in [0.2, 0.25) is 0 Å². The van der Waals surface area contributed by atoms with Crippen molar-refractivity contribution in [1.29, 1.82) is 0 Å². The van der Waals surface area contributed by atoms with Crippen LogP contribution in [0.2, 0.25) is 5.02 Å². The van der Waals surface area contributed by atoms with Gasteiger partial charge in [-0.15, -0.1) is 11.6 Å². The molecule has 100 valence electrons. The molecule has 0 aliphatic rings. The Bertz CT molecular complexity index is 420. The molecule has 1 N–H and O–H groups in total. The van der Waals surface area contributed by atoms with Crippen LogP contribution in [-0.4, -0.2) is 17.3 Å². The van der Waals surface area contributed by atoms with Crippen LogP contribution in [0.3, 0.4) is 0 Å². The summed E-state index contributed by atoms with van der Waals surface area (Å²) in [7, 11) is 0. The molecule has 1 aromatic carbocycles. The largest absolute Gasteiger partial charge is 0.345 e. The molecule has 0 spiro atoms. The second-order valence-electron chi connectivity index (χ2n) is 4.53. The molecule has 0 fully saturated rings. The number of carbonyl (C=O) groups excluding carboxylic acids is 1. The van der Waals surface area contributed by atoms with E-state index in [2.05, 4.69) is 5.32 Å². The van der Waals surface area contributed by atoms with E-state index in [-0.39, 0.29) is 11.4 Å². The minimum absolute atomic E-state index is 0.0893. The quantitative estimate of drug-likeness (QED) is 0.809. The molecular weight excluding hydrogens is 269 g/mol. The van der Waals surface area contributed by atoms with Gasteiger partial charge in [-0.3, -0.25) is 4.79 Å². The summed E-state index contributed by atoms with van der Waals surface area (Å²) in [5, 5.41) is 3.68. The number of alkyl halides is 1. The Morgan fingerprint density at radius 2 is 1.94 bits per heavy atom. The van der Waals surface area contributed by atoms with Gasteiger partial charge in [-0.05, 0) is 43.5 Å². The van der Waals surface area contributed by atoms with Gasteiger partial charge < -0.3 is 5.32 Å². The average Bonchev–Trinajstić information content (AvgIpc) is 2.36. The van der Waals surface area contributed by atoms with Gasteiger partial charge in [0, 0.05) is 16.5 Å². The van der Waals surface area contributed by atoms with E-state index in [1.165, 1.54) is 0 Å². The van der Waals surface area contributed by atoms with Crippen molar-refractivity contribution in [3.05, 3.63) is 34.3 Å². The van der Waals surface area contributed by atoms with E-state index in [0.29, 0.717) is 16.5 Å². The third-order valence-electron chi connectivity index (χ3n) is 3.42. The lowest BCUT2D eigenvalue weighted by Crippen LogP contribution is -2.49. The van der Waals surface area contributed by atoms with Crippen molar-refractivity contribution in [1.82, 2.24) is 5.32 Å². The van der Waals surface area contributed by atoms with Crippen LogP contribution in [0.1, 0.15) is 42.6 Å². The summed E-state index contributed by atoms with van der Waals surface area (Å²) in [5.74, 6) is 0.326. The highest BCUT2D eigenvalue weighted by Gasteiger charge is 2.27. The summed E-state index contributed by atoms with van der Waals surface area (Å²) < 4.78 is 0. The average molecular weight is 288 g/mol. The molecule has 0 unspecified atom stereocenters. The summed E-state index contributed by atoms with van der Waals surface area (Å²) in [4.78, 5) is 12.3. The summed E-state index contributed by atoms with van der Waals surface area (Å²) in [5.41, 5.74) is 1.19. The van der Waals surface area contributed by atoms with Crippen molar-refractivity contribution in [2.75, 3.05) is 5.88 Å².